The van der Waals surface area contributed by atoms with Gasteiger partial charge in [-0.25, -0.2) is 13.8 Å². The number of anilines is 1. The molecule has 0 N–H and O–H groups in total. The summed E-state index contributed by atoms with van der Waals surface area (Å²) in [6, 6.07) is 9.00. The molecule has 0 radical (unpaired) electrons. The van der Waals surface area contributed by atoms with Crippen LogP contribution in [0.25, 0.3) is 10.2 Å². The number of ether oxygens (including phenoxy) is 1. The van der Waals surface area contributed by atoms with Crippen LogP contribution in [0.4, 0.5) is 13.9 Å². The summed E-state index contributed by atoms with van der Waals surface area (Å²) in [7, 11) is 0. The molecule has 30 heavy (non-hydrogen) atoms. The number of fused-ring (bicyclic) bond motifs is 1. The van der Waals surface area contributed by atoms with Crippen LogP contribution in [0, 0.1) is 11.6 Å². The molecule has 158 valence electrons. The van der Waals surface area contributed by atoms with E-state index in [1.54, 1.807) is 43.0 Å². The minimum absolute atomic E-state index is 0.116. The molecule has 4 rings (SSSR count). The third kappa shape index (κ3) is 4.20. The monoisotopic (exact) mass is 451 g/mol. The maximum absolute atomic E-state index is 13.9. The summed E-state index contributed by atoms with van der Waals surface area (Å²) in [5.74, 6) is -0.828. The van der Waals surface area contributed by atoms with E-state index in [0.717, 1.165) is 6.07 Å². The zero-order chi connectivity index (χ0) is 21.5. The number of halogens is 3. The summed E-state index contributed by atoms with van der Waals surface area (Å²) < 4.78 is 33.7. The van der Waals surface area contributed by atoms with Gasteiger partial charge in [-0.2, -0.15) is 0 Å². The van der Waals surface area contributed by atoms with E-state index in [0.29, 0.717) is 46.8 Å². The second-order valence-electron chi connectivity index (χ2n) is 7.58. The number of hydrogen-bond acceptors (Lipinski definition) is 5. The SMILES string of the molecule is CC(C)(Oc1ccc(Cl)cc1)C(=O)N1CCN(c2nc3c(F)cc(F)cc3s2)CC1. The Labute approximate surface area is 181 Å². The van der Waals surface area contributed by atoms with Gasteiger partial charge in [0.15, 0.2) is 16.5 Å². The Hall–Kier alpha value is -2.45. The van der Waals surface area contributed by atoms with Gasteiger partial charge < -0.3 is 14.5 Å². The van der Waals surface area contributed by atoms with Crippen molar-refractivity contribution in [1.29, 1.82) is 0 Å². The van der Waals surface area contributed by atoms with Crippen LogP contribution >= 0.6 is 22.9 Å². The number of thiazole rings is 1. The molecule has 1 aromatic heterocycles. The Kier molecular flexibility index (Phi) is 5.55. The molecule has 1 aliphatic rings. The van der Waals surface area contributed by atoms with Crippen molar-refractivity contribution in [1.82, 2.24) is 9.88 Å². The first-order chi connectivity index (χ1) is 14.2. The number of amides is 1. The van der Waals surface area contributed by atoms with Crippen LogP contribution in [-0.2, 0) is 4.79 Å². The third-order valence-electron chi connectivity index (χ3n) is 4.94. The molecule has 1 fully saturated rings. The van der Waals surface area contributed by atoms with Crippen molar-refractivity contribution in [3.8, 4) is 5.75 Å². The maximum Gasteiger partial charge on any atom is 0.266 e. The standard InChI is InChI=1S/C21H20ClF2N3O2S/c1-21(2,29-15-5-3-13(22)4-6-15)19(28)26-7-9-27(10-8-26)20-25-18-16(24)11-14(23)12-17(18)30-20/h3-6,11-12H,7-10H2,1-2H3. The van der Waals surface area contributed by atoms with Crippen LogP contribution in [0.15, 0.2) is 36.4 Å². The molecule has 0 bridgehead atoms. The fourth-order valence-electron chi connectivity index (χ4n) is 3.40. The number of piperazine rings is 1. The molecule has 2 aromatic carbocycles. The van der Waals surface area contributed by atoms with Gasteiger partial charge in [0.1, 0.15) is 17.1 Å². The molecule has 2 heterocycles. The van der Waals surface area contributed by atoms with Crippen LogP contribution < -0.4 is 9.64 Å². The average Bonchev–Trinajstić information content (AvgIpc) is 3.13. The van der Waals surface area contributed by atoms with Gasteiger partial charge in [0.05, 0.1) is 4.70 Å². The number of benzene rings is 2. The minimum Gasteiger partial charge on any atom is -0.478 e. The van der Waals surface area contributed by atoms with Crippen molar-refractivity contribution >= 4 is 44.2 Å². The van der Waals surface area contributed by atoms with Crippen LogP contribution in [0.2, 0.25) is 5.02 Å². The zero-order valence-electron chi connectivity index (χ0n) is 16.5. The average molecular weight is 452 g/mol. The lowest BCUT2D eigenvalue weighted by molar-refractivity contribution is -0.145. The molecule has 3 aromatic rings. The Morgan fingerprint density at radius 2 is 1.80 bits per heavy atom. The number of rotatable bonds is 4. The predicted molar refractivity (Wildman–Crippen MR) is 114 cm³/mol. The number of nitrogens with zero attached hydrogens (tertiary/aromatic N) is 3. The predicted octanol–water partition coefficient (Wildman–Crippen LogP) is 4.73. The molecule has 5 nitrogen and oxygen atoms in total. The van der Waals surface area contributed by atoms with Crippen LogP contribution in [0.5, 0.6) is 5.75 Å². The van der Waals surface area contributed by atoms with Gasteiger partial charge in [0.25, 0.3) is 5.91 Å². The first kappa shape index (κ1) is 20.8. The third-order valence-corrected chi connectivity index (χ3v) is 6.26. The highest BCUT2D eigenvalue weighted by atomic mass is 35.5. The van der Waals surface area contributed by atoms with E-state index >= 15 is 0 Å². The van der Waals surface area contributed by atoms with Gasteiger partial charge in [-0.05, 0) is 44.2 Å². The van der Waals surface area contributed by atoms with Crippen molar-refractivity contribution in [2.45, 2.75) is 19.4 Å². The topological polar surface area (TPSA) is 45.7 Å². The van der Waals surface area contributed by atoms with Gasteiger partial charge in [0.2, 0.25) is 0 Å². The van der Waals surface area contributed by atoms with E-state index in [1.807, 2.05) is 4.90 Å². The molecular weight excluding hydrogens is 432 g/mol. The quantitative estimate of drug-likeness (QED) is 0.575. The first-order valence-corrected chi connectivity index (χ1v) is 10.7. The van der Waals surface area contributed by atoms with E-state index in [1.165, 1.54) is 17.4 Å². The lowest BCUT2D eigenvalue weighted by atomic mass is 10.1. The Balaban J connectivity index is 1.41. The van der Waals surface area contributed by atoms with Crippen molar-refractivity contribution in [3.05, 3.63) is 53.1 Å². The van der Waals surface area contributed by atoms with Crippen molar-refractivity contribution in [2.24, 2.45) is 0 Å². The fraction of sp³-hybridized carbons (Fsp3) is 0.333. The molecule has 1 amide bonds. The number of hydrogen-bond donors (Lipinski definition) is 0. The number of aromatic nitrogens is 1. The number of carbonyl (C=O) groups is 1. The maximum atomic E-state index is 13.9. The molecule has 1 saturated heterocycles. The molecule has 0 saturated carbocycles. The fourth-order valence-corrected chi connectivity index (χ4v) is 4.59. The highest BCUT2D eigenvalue weighted by molar-refractivity contribution is 7.22. The van der Waals surface area contributed by atoms with Gasteiger partial charge in [-0.3, -0.25) is 4.79 Å². The van der Waals surface area contributed by atoms with E-state index < -0.39 is 17.2 Å². The summed E-state index contributed by atoms with van der Waals surface area (Å²) in [5.41, 5.74) is -0.862. The summed E-state index contributed by atoms with van der Waals surface area (Å²) >= 11 is 7.14. The molecule has 0 unspecified atom stereocenters. The van der Waals surface area contributed by atoms with E-state index in [4.69, 9.17) is 16.3 Å². The van der Waals surface area contributed by atoms with Gasteiger partial charge >= 0.3 is 0 Å². The van der Waals surface area contributed by atoms with Crippen LogP contribution in [0.1, 0.15) is 13.8 Å². The van der Waals surface area contributed by atoms with E-state index in [2.05, 4.69) is 4.98 Å². The second kappa shape index (κ2) is 8.00. The molecule has 0 aliphatic carbocycles. The lowest BCUT2D eigenvalue weighted by Crippen LogP contribution is -2.55. The lowest BCUT2D eigenvalue weighted by Gasteiger charge is -2.38. The summed E-state index contributed by atoms with van der Waals surface area (Å²) in [4.78, 5) is 21.1. The van der Waals surface area contributed by atoms with E-state index in [9.17, 15) is 13.6 Å². The largest absolute Gasteiger partial charge is 0.478 e. The number of carbonyl (C=O) groups excluding carboxylic acids is 1. The summed E-state index contributed by atoms with van der Waals surface area (Å²) in [6.45, 7) is 5.54. The van der Waals surface area contributed by atoms with Crippen molar-refractivity contribution in [3.63, 3.8) is 0 Å². The normalized spacial score (nSPS) is 15.0. The molecule has 1 aliphatic heterocycles. The van der Waals surface area contributed by atoms with Gasteiger partial charge in [-0.15, -0.1) is 0 Å². The smallest absolute Gasteiger partial charge is 0.266 e. The highest BCUT2D eigenvalue weighted by Crippen LogP contribution is 2.32. The van der Waals surface area contributed by atoms with Crippen LogP contribution in [-0.4, -0.2) is 47.6 Å². The van der Waals surface area contributed by atoms with Gasteiger partial charge in [-0.1, -0.05) is 22.9 Å². The summed E-state index contributed by atoms with van der Waals surface area (Å²) in [5, 5.41) is 1.22. The minimum atomic E-state index is -1.04. The molecule has 9 heteroatoms. The van der Waals surface area contributed by atoms with E-state index in [-0.39, 0.29) is 11.4 Å². The van der Waals surface area contributed by atoms with Crippen molar-refractivity contribution < 1.29 is 18.3 Å². The van der Waals surface area contributed by atoms with Gasteiger partial charge in [0, 0.05) is 37.3 Å². The molecule has 0 spiro atoms. The first-order valence-electron chi connectivity index (χ1n) is 9.47. The summed E-state index contributed by atoms with van der Waals surface area (Å²) in [6.07, 6.45) is 0. The zero-order valence-corrected chi connectivity index (χ0v) is 18.1. The molecule has 0 atom stereocenters. The Morgan fingerprint density at radius 1 is 1.13 bits per heavy atom. The highest BCUT2D eigenvalue weighted by Gasteiger charge is 2.36. The second-order valence-corrected chi connectivity index (χ2v) is 9.02. The van der Waals surface area contributed by atoms with Crippen LogP contribution in [0.3, 0.4) is 0 Å². The van der Waals surface area contributed by atoms with Crippen molar-refractivity contribution in [2.75, 3.05) is 31.1 Å². The Morgan fingerprint density at radius 3 is 2.47 bits per heavy atom. The molecular formula is C21H20ClF2N3O2S. The Bertz CT molecular complexity index is 1080.